The molecule has 4 rings (SSSR count). The Bertz CT molecular complexity index is 866. The largest absolute Gasteiger partial charge is 0.341 e. The average molecular weight is 333 g/mol. The lowest BCUT2D eigenvalue weighted by Crippen LogP contribution is -2.38. The van der Waals surface area contributed by atoms with Crippen molar-refractivity contribution in [2.45, 2.75) is 26.3 Å². The fourth-order valence-corrected chi connectivity index (χ4v) is 3.74. The molecule has 25 heavy (non-hydrogen) atoms. The molecule has 1 aliphatic heterocycles. The number of H-pyrrole nitrogens is 1. The number of Topliss-reactive ketones (excluding diaryl/α,β-unsaturated/α-hetero) is 1. The number of aryl methyl sites for hydroxylation is 1. The third-order valence-electron chi connectivity index (χ3n) is 4.99. The van der Waals surface area contributed by atoms with E-state index in [-0.39, 0.29) is 11.7 Å². The molecule has 4 nitrogen and oxygen atoms in total. The van der Waals surface area contributed by atoms with Crippen molar-refractivity contribution in [3.63, 3.8) is 0 Å². The Labute approximate surface area is 147 Å². The second-order valence-corrected chi connectivity index (χ2v) is 7.01. The van der Waals surface area contributed by atoms with Crippen LogP contribution >= 0.6 is 0 Å². The number of rotatable bonds is 4. The Kier molecular flexibility index (Phi) is 4.36. The van der Waals surface area contributed by atoms with E-state index in [1.165, 1.54) is 0 Å². The van der Waals surface area contributed by atoms with Gasteiger partial charge in [0.15, 0.2) is 5.78 Å². The highest BCUT2D eigenvalue weighted by Crippen LogP contribution is 2.23. The van der Waals surface area contributed by atoms with Gasteiger partial charge in [0.1, 0.15) is 5.82 Å². The first-order valence-corrected chi connectivity index (χ1v) is 8.96. The fraction of sp³-hybridized carbons (Fsp3) is 0.333. The van der Waals surface area contributed by atoms with Gasteiger partial charge in [-0.25, -0.2) is 4.98 Å². The number of nitrogens with zero attached hydrogens (tertiary/aromatic N) is 2. The quantitative estimate of drug-likeness (QED) is 0.735. The molecule has 0 amide bonds. The molecule has 1 fully saturated rings. The number of piperidine rings is 1. The molecule has 2 aromatic carbocycles. The first-order valence-electron chi connectivity index (χ1n) is 8.96. The Hall–Kier alpha value is -2.46. The van der Waals surface area contributed by atoms with E-state index in [4.69, 9.17) is 0 Å². The first kappa shape index (κ1) is 16.0. The van der Waals surface area contributed by atoms with Gasteiger partial charge < -0.3 is 4.98 Å². The zero-order valence-electron chi connectivity index (χ0n) is 14.5. The van der Waals surface area contributed by atoms with Gasteiger partial charge in [0.2, 0.25) is 0 Å². The van der Waals surface area contributed by atoms with Gasteiger partial charge in [-0.15, -0.1) is 0 Å². The SMILES string of the molecule is Cc1cccc(C(=O)[C@@H]2CCCN(Cc3nc4ccccc4[nH]3)C2)c1. The third kappa shape index (κ3) is 3.49. The first-order chi connectivity index (χ1) is 12.2. The van der Waals surface area contributed by atoms with Gasteiger partial charge in [0.25, 0.3) is 0 Å². The van der Waals surface area contributed by atoms with E-state index in [9.17, 15) is 4.79 Å². The zero-order chi connectivity index (χ0) is 17.2. The van der Waals surface area contributed by atoms with Crippen LogP contribution in [0.1, 0.15) is 34.6 Å². The van der Waals surface area contributed by atoms with Gasteiger partial charge in [0, 0.05) is 18.0 Å². The number of aromatic amines is 1. The van der Waals surface area contributed by atoms with Crippen LogP contribution in [-0.4, -0.2) is 33.7 Å². The average Bonchev–Trinajstić information content (AvgIpc) is 3.03. The van der Waals surface area contributed by atoms with Crippen molar-refractivity contribution >= 4 is 16.8 Å². The Morgan fingerprint density at radius 2 is 2.12 bits per heavy atom. The van der Waals surface area contributed by atoms with Crippen molar-refractivity contribution in [1.29, 1.82) is 0 Å². The molecule has 0 saturated carbocycles. The molecule has 0 aliphatic carbocycles. The molecule has 0 spiro atoms. The standard InChI is InChI=1S/C21H23N3O/c1-15-6-4-7-16(12-15)21(25)17-8-5-11-24(13-17)14-20-22-18-9-2-3-10-19(18)23-20/h2-4,6-7,9-10,12,17H,5,8,11,13-14H2,1H3,(H,22,23)/t17-/m1/s1. The molecular weight excluding hydrogens is 310 g/mol. The molecule has 1 aromatic heterocycles. The fourth-order valence-electron chi connectivity index (χ4n) is 3.74. The van der Waals surface area contributed by atoms with Crippen LogP contribution in [-0.2, 0) is 6.54 Å². The number of likely N-dealkylation sites (tertiary alicyclic amines) is 1. The molecular formula is C21H23N3O. The monoisotopic (exact) mass is 333 g/mol. The zero-order valence-corrected chi connectivity index (χ0v) is 14.5. The number of para-hydroxylation sites is 2. The lowest BCUT2D eigenvalue weighted by atomic mass is 9.89. The van der Waals surface area contributed by atoms with Crippen LogP contribution in [0.3, 0.4) is 0 Å². The van der Waals surface area contributed by atoms with E-state index in [2.05, 4.69) is 14.9 Å². The minimum absolute atomic E-state index is 0.0833. The van der Waals surface area contributed by atoms with Crippen LogP contribution in [0.4, 0.5) is 0 Å². The number of fused-ring (bicyclic) bond motifs is 1. The summed E-state index contributed by atoms with van der Waals surface area (Å²) in [5, 5.41) is 0. The summed E-state index contributed by atoms with van der Waals surface area (Å²) in [5.41, 5.74) is 4.06. The molecule has 1 aliphatic rings. The maximum atomic E-state index is 12.8. The summed E-state index contributed by atoms with van der Waals surface area (Å²) in [6.45, 7) is 4.64. The van der Waals surface area contributed by atoms with Crippen LogP contribution in [0.25, 0.3) is 11.0 Å². The van der Waals surface area contributed by atoms with Crippen LogP contribution < -0.4 is 0 Å². The number of nitrogens with one attached hydrogen (secondary N) is 1. The molecule has 2 heterocycles. The van der Waals surface area contributed by atoms with Gasteiger partial charge in [0.05, 0.1) is 17.6 Å². The molecule has 3 aromatic rings. The van der Waals surface area contributed by atoms with Crippen molar-refractivity contribution in [3.05, 3.63) is 65.5 Å². The molecule has 1 N–H and O–H groups in total. The maximum Gasteiger partial charge on any atom is 0.167 e. The van der Waals surface area contributed by atoms with Crippen LogP contribution in [0.2, 0.25) is 0 Å². The summed E-state index contributed by atoms with van der Waals surface area (Å²) < 4.78 is 0. The summed E-state index contributed by atoms with van der Waals surface area (Å²) >= 11 is 0. The maximum absolute atomic E-state index is 12.8. The molecule has 4 heteroatoms. The van der Waals surface area contributed by atoms with Crippen molar-refractivity contribution < 1.29 is 4.79 Å². The minimum Gasteiger partial charge on any atom is -0.341 e. The van der Waals surface area contributed by atoms with Gasteiger partial charge in [-0.2, -0.15) is 0 Å². The van der Waals surface area contributed by atoms with E-state index < -0.39 is 0 Å². The number of ketones is 1. The lowest BCUT2D eigenvalue weighted by molar-refractivity contribution is 0.0808. The predicted molar refractivity (Wildman–Crippen MR) is 99.6 cm³/mol. The smallest absolute Gasteiger partial charge is 0.167 e. The lowest BCUT2D eigenvalue weighted by Gasteiger charge is -2.31. The molecule has 1 atom stereocenters. The highest BCUT2D eigenvalue weighted by Gasteiger charge is 2.27. The third-order valence-corrected chi connectivity index (χ3v) is 4.99. The van der Waals surface area contributed by atoms with Crippen LogP contribution in [0, 0.1) is 12.8 Å². The Morgan fingerprint density at radius 1 is 1.24 bits per heavy atom. The van der Waals surface area contributed by atoms with Crippen LogP contribution in [0.15, 0.2) is 48.5 Å². The highest BCUT2D eigenvalue weighted by atomic mass is 16.1. The molecule has 128 valence electrons. The molecule has 0 unspecified atom stereocenters. The van der Waals surface area contributed by atoms with E-state index in [1.807, 2.05) is 55.5 Å². The second-order valence-electron chi connectivity index (χ2n) is 7.01. The number of benzene rings is 2. The Balaban J connectivity index is 1.46. The number of hydrogen-bond acceptors (Lipinski definition) is 3. The number of hydrogen-bond donors (Lipinski definition) is 1. The molecule has 1 saturated heterocycles. The summed E-state index contributed by atoms with van der Waals surface area (Å²) in [4.78, 5) is 23.2. The summed E-state index contributed by atoms with van der Waals surface area (Å²) in [7, 11) is 0. The summed E-state index contributed by atoms with van der Waals surface area (Å²) in [6.07, 6.45) is 2.03. The topological polar surface area (TPSA) is 49.0 Å². The number of aromatic nitrogens is 2. The molecule has 0 radical (unpaired) electrons. The number of carbonyl (C=O) groups excluding carboxylic acids is 1. The van der Waals surface area contributed by atoms with Crippen molar-refractivity contribution in [1.82, 2.24) is 14.9 Å². The summed E-state index contributed by atoms with van der Waals surface area (Å²) in [6, 6.07) is 16.0. The van der Waals surface area contributed by atoms with Crippen LogP contribution in [0.5, 0.6) is 0 Å². The van der Waals surface area contributed by atoms with E-state index in [1.54, 1.807) is 0 Å². The van der Waals surface area contributed by atoms with E-state index in [0.717, 1.165) is 60.5 Å². The van der Waals surface area contributed by atoms with Gasteiger partial charge in [-0.05, 0) is 44.5 Å². The van der Waals surface area contributed by atoms with Crippen molar-refractivity contribution in [3.8, 4) is 0 Å². The Morgan fingerprint density at radius 3 is 2.96 bits per heavy atom. The highest BCUT2D eigenvalue weighted by molar-refractivity contribution is 5.98. The minimum atomic E-state index is 0.0833. The van der Waals surface area contributed by atoms with Gasteiger partial charge in [-0.3, -0.25) is 9.69 Å². The molecule has 0 bridgehead atoms. The van der Waals surface area contributed by atoms with Crippen molar-refractivity contribution in [2.75, 3.05) is 13.1 Å². The van der Waals surface area contributed by atoms with Gasteiger partial charge in [-0.1, -0.05) is 35.9 Å². The van der Waals surface area contributed by atoms with Gasteiger partial charge >= 0.3 is 0 Å². The van der Waals surface area contributed by atoms with E-state index >= 15 is 0 Å². The number of imidazole rings is 1. The summed E-state index contributed by atoms with van der Waals surface area (Å²) in [5.74, 6) is 1.34. The normalized spacial score (nSPS) is 18.5. The predicted octanol–water partition coefficient (Wildman–Crippen LogP) is 3.97. The number of carbonyl (C=O) groups is 1. The van der Waals surface area contributed by atoms with Crippen molar-refractivity contribution in [2.24, 2.45) is 5.92 Å². The second kappa shape index (κ2) is 6.81. The van der Waals surface area contributed by atoms with E-state index in [0.29, 0.717) is 0 Å².